The third-order valence-corrected chi connectivity index (χ3v) is 2.42. The molecule has 0 radical (unpaired) electrons. The minimum atomic E-state index is 0.0478. The zero-order valence-corrected chi connectivity index (χ0v) is 7.40. The van der Waals surface area contributed by atoms with E-state index in [4.69, 9.17) is 11.6 Å². The van der Waals surface area contributed by atoms with Gasteiger partial charge >= 0.3 is 0 Å². The van der Waals surface area contributed by atoms with Crippen molar-refractivity contribution in [3.8, 4) is 0 Å². The lowest BCUT2D eigenvalue weighted by molar-refractivity contribution is -0.115. The SMILES string of the molecule is Cc1cc2c(cc1Cl)CC(=O)N2. The lowest BCUT2D eigenvalue weighted by atomic mass is 10.1. The molecule has 0 bridgehead atoms. The Balaban J connectivity index is 2.55. The van der Waals surface area contributed by atoms with Gasteiger partial charge in [-0.15, -0.1) is 0 Å². The third kappa shape index (κ3) is 1.08. The summed E-state index contributed by atoms with van der Waals surface area (Å²) >= 11 is 5.90. The molecule has 1 amide bonds. The van der Waals surface area contributed by atoms with E-state index in [0.717, 1.165) is 21.8 Å². The van der Waals surface area contributed by atoms with E-state index < -0.39 is 0 Å². The molecule has 3 heteroatoms. The van der Waals surface area contributed by atoms with E-state index in [1.165, 1.54) is 0 Å². The van der Waals surface area contributed by atoms with Crippen LogP contribution in [-0.4, -0.2) is 5.91 Å². The average molecular weight is 182 g/mol. The summed E-state index contributed by atoms with van der Waals surface area (Å²) in [6.45, 7) is 1.92. The van der Waals surface area contributed by atoms with E-state index in [1.54, 1.807) is 0 Å². The van der Waals surface area contributed by atoms with Crippen molar-refractivity contribution in [1.29, 1.82) is 0 Å². The molecule has 0 fully saturated rings. The molecule has 1 aromatic carbocycles. The number of carbonyl (C=O) groups is 1. The Morgan fingerprint density at radius 1 is 1.50 bits per heavy atom. The van der Waals surface area contributed by atoms with Crippen molar-refractivity contribution in [2.24, 2.45) is 0 Å². The van der Waals surface area contributed by atoms with Gasteiger partial charge in [-0.3, -0.25) is 4.79 Å². The molecule has 0 saturated carbocycles. The zero-order valence-electron chi connectivity index (χ0n) is 6.65. The molecular weight excluding hydrogens is 174 g/mol. The maximum absolute atomic E-state index is 11.0. The minimum absolute atomic E-state index is 0.0478. The highest BCUT2D eigenvalue weighted by molar-refractivity contribution is 6.31. The standard InChI is InChI=1S/C9H8ClNO/c1-5-2-8-6(3-7(5)10)4-9(12)11-8/h2-3H,4H2,1H3,(H,11,12). The lowest BCUT2D eigenvalue weighted by Crippen LogP contribution is -2.03. The third-order valence-electron chi connectivity index (χ3n) is 2.01. The number of benzene rings is 1. The van der Waals surface area contributed by atoms with Gasteiger partial charge < -0.3 is 5.32 Å². The monoisotopic (exact) mass is 181 g/mol. The van der Waals surface area contributed by atoms with Crippen molar-refractivity contribution in [3.05, 3.63) is 28.3 Å². The van der Waals surface area contributed by atoms with Crippen LogP contribution in [0.2, 0.25) is 5.02 Å². The number of amides is 1. The van der Waals surface area contributed by atoms with E-state index in [9.17, 15) is 4.79 Å². The van der Waals surface area contributed by atoms with Crippen LogP contribution in [0.1, 0.15) is 11.1 Å². The Morgan fingerprint density at radius 2 is 2.25 bits per heavy atom. The van der Waals surface area contributed by atoms with E-state index >= 15 is 0 Å². The van der Waals surface area contributed by atoms with Crippen LogP contribution in [0.15, 0.2) is 12.1 Å². The number of fused-ring (bicyclic) bond motifs is 1. The Hall–Kier alpha value is -1.02. The number of aryl methyl sites for hydroxylation is 1. The number of hydrogen-bond donors (Lipinski definition) is 1. The fourth-order valence-electron chi connectivity index (χ4n) is 1.35. The summed E-state index contributed by atoms with van der Waals surface area (Å²) < 4.78 is 0. The Morgan fingerprint density at radius 3 is 3.00 bits per heavy atom. The van der Waals surface area contributed by atoms with Gasteiger partial charge in [-0.1, -0.05) is 11.6 Å². The largest absolute Gasteiger partial charge is 0.326 e. The summed E-state index contributed by atoms with van der Waals surface area (Å²) in [6, 6.07) is 3.76. The van der Waals surface area contributed by atoms with Gasteiger partial charge in [-0.25, -0.2) is 0 Å². The summed E-state index contributed by atoms with van der Waals surface area (Å²) in [6.07, 6.45) is 0.454. The second-order valence-electron chi connectivity index (χ2n) is 2.98. The van der Waals surface area contributed by atoms with Gasteiger partial charge in [0.05, 0.1) is 6.42 Å². The lowest BCUT2D eigenvalue weighted by Gasteiger charge is -2.01. The predicted molar refractivity (Wildman–Crippen MR) is 48.5 cm³/mol. The molecule has 2 nitrogen and oxygen atoms in total. The van der Waals surface area contributed by atoms with Gasteiger partial charge in [0.1, 0.15) is 0 Å². The molecule has 0 spiro atoms. The first-order valence-corrected chi connectivity index (χ1v) is 4.13. The van der Waals surface area contributed by atoms with Gasteiger partial charge in [0.2, 0.25) is 5.91 Å². The highest BCUT2D eigenvalue weighted by atomic mass is 35.5. The van der Waals surface area contributed by atoms with Crippen molar-refractivity contribution in [2.45, 2.75) is 13.3 Å². The molecule has 1 aromatic rings. The van der Waals surface area contributed by atoms with Crippen LogP contribution in [0.3, 0.4) is 0 Å². The fourth-order valence-corrected chi connectivity index (χ4v) is 1.54. The number of halogens is 1. The quantitative estimate of drug-likeness (QED) is 0.653. The summed E-state index contributed by atoms with van der Waals surface area (Å²) in [5.74, 6) is 0.0478. The van der Waals surface area contributed by atoms with Crippen LogP contribution in [0.25, 0.3) is 0 Å². The number of nitrogens with one attached hydrogen (secondary N) is 1. The zero-order chi connectivity index (χ0) is 8.72. The first-order chi connectivity index (χ1) is 5.66. The van der Waals surface area contributed by atoms with Gasteiger partial charge in [0.25, 0.3) is 0 Å². The molecule has 1 aliphatic rings. The van der Waals surface area contributed by atoms with Crippen LogP contribution in [0, 0.1) is 6.92 Å². The molecule has 0 unspecified atom stereocenters. The highest BCUT2D eigenvalue weighted by Gasteiger charge is 2.18. The molecular formula is C9H8ClNO. The van der Waals surface area contributed by atoms with E-state index in [2.05, 4.69) is 5.32 Å². The van der Waals surface area contributed by atoms with Crippen LogP contribution >= 0.6 is 11.6 Å². The smallest absolute Gasteiger partial charge is 0.228 e. The molecule has 1 aliphatic heterocycles. The summed E-state index contributed by atoms with van der Waals surface area (Å²) in [5.41, 5.74) is 2.90. The normalized spacial score (nSPS) is 14.3. The van der Waals surface area contributed by atoms with Crippen molar-refractivity contribution in [1.82, 2.24) is 0 Å². The summed E-state index contributed by atoms with van der Waals surface area (Å²) in [4.78, 5) is 11.0. The molecule has 0 saturated heterocycles. The molecule has 2 rings (SSSR count). The fraction of sp³-hybridized carbons (Fsp3) is 0.222. The number of hydrogen-bond acceptors (Lipinski definition) is 1. The Kier molecular flexibility index (Phi) is 1.58. The van der Waals surface area contributed by atoms with Crippen LogP contribution < -0.4 is 5.32 Å². The number of anilines is 1. The topological polar surface area (TPSA) is 29.1 Å². The minimum Gasteiger partial charge on any atom is -0.326 e. The van der Waals surface area contributed by atoms with E-state index in [1.807, 2.05) is 19.1 Å². The maximum Gasteiger partial charge on any atom is 0.228 e. The summed E-state index contributed by atoms with van der Waals surface area (Å²) in [5, 5.41) is 3.49. The second kappa shape index (κ2) is 2.49. The van der Waals surface area contributed by atoms with E-state index in [0.29, 0.717) is 6.42 Å². The van der Waals surface area contributed by atoms with Crippen molar-refractivity contribution < 1.29 is 4.79 Å². The number of rotatable bonds is 0. The van der Waals surface area contributed by atoms with Crippen LogP contribution in [0.5, 0.6) is 0 Å². The predicted octanol–water partition coefficient (Wildman–Crippen LogP) is 2.14. The first kappa shape index (κ1) is 7.62. The molecule has 62 valence electrons. The highest BCUT2D eigenvalue weighted by Crippen LogP contribution is 2.28. The Labute approximate surface area is 75.5 Å². The second-order valence-corrected chi connectivity index (χ2v) is 3.39. The van der Waals surface area contributed by atoms with Crippen molar-refractivity contribution >= 4 is 23.2 Å². The van der Waals surface area contributed by atoms with Crippen molar-refractivity contribution in [3.63, 3.8) is 0 Å². The maximum atomic E-state index is 11.0. The first-order valence-electron chi connectivity index (χ1n) is 3.75. The Bertz CT molecular complexity index is 327. The number of carbonyl (C=O) groups excluding carboxylic acids is 1. The van der Waals surface area contributed by atoms with Crippen molar-refractivity contribution in [2.75, 3.05) is 5.32 Å². The molecule has 12 heavy (non-hydrogen) atoms. The van der Waals surface area contributed by atoms with E-state index in [-0.39, 0.29) is 5.91 Å². The molecule has 0 atom stereocenters. The summed E-state index contributed by atoms with van der Waals surface area (Å²) in [7, 11) is 0. The molecule has 0 aromatic heterocycles. The average Bonchev–Trinajstić information content (AvgIpc) is 2.30. The van der Waals surface area contributed by atoms with Crippen LogP contribution in [0.4, 0.5) is 5.69 Å². The molecule has 1 heterocycles. The van der Waals surface area contributed by atoms with Gasteiger partial charge in [0, 0.05) is 10.7 Å². The molecule has 0 aliphatic carbocycles. The van der Waals surface area contributed by atoms with Gasteiger partial charge in [0.15, 0.2) is 0 Å². The van der Waals surface area contributed by atoms with Crippen LogP contribution in [-0.2, 0) is 11.2 Å². The molecule has 1 N–H and O–H groups in total. The van der Waals surface area contributed by atoms with Gasteiger partial charge in [-0.2, -0.15) is 0 Å². The van der Waals surface area contributed by atoms with Gasteiger partial charge in [-0.05, 0) is 30.2 Å².